The van der Waals surface area contributed by atoms with Gasteiger partial charge >= 0.3 is 0 Å². The Kier molecular flexibility index (Phi) is 6.38. The summed E-state index contributed by atoms with van der Waals surface area (Å²) in [4.78, 5) is 14.9. The quantitative estimate of drug-likeness (QED) is 0.640. The predicted molar refractivity (Wildman–Crippen MR) is 114 cm³/mol. The molecule has 4 aliphatic carbocycles. The first kappa shape index (κ1) is 21.0. The van der Waals surface area contributed by atoms with Gasteiger partial charge in [-0.3, -0.25) is 4.79 Å². The van der Waals surface area contributed by atoms with E-state index >= 15 is 0 Å². The summed E-state index contributed by atoms with van der Waals surface area (Å²) in [5.41, 5.74) is 0.792. The van der Waals surface area contributed by atoms with Crippen LogP contribution in [0.25, 0.3) is 0 Å². The maximum atomic E-state index is 12.9. The summed E-state index contributed by atoms with van der Waals surface area (Å²) in [6.07, 6.45) is 8.05. The molecule has 5 rings (SSSR count). The van der Waals surface area contributed by atoms with Gasteiger partial charge in [0.2, 0.25) is 0 Å². The number of carbonyl (C=O) groups excluding carboxylic acids is 1. The minimum absolute atomic E-state index is 0.103. The number of rotatable bonds is 9. The normalized spacial score (nSPS) is 30.0. The van der Waals surface area contributed by atoms with Crippen LogP contribution in [0, 0.1) is 23.2 Å². The average Bonchev–Trinajstić information content (AvgIpc) is 2.67. The highest BCUT2D eigenvalue weighted by molar-refractivity contribution is 6.33. The minimum Gasteiger partial charge on any atom is -0.492 e. The van der Waals surface area contributed by atoms with Crippen molar-refractivity contribution in [2.45, 2.75) is 38.5 Å². The summed E-state index contributed by atoms with van der Waals surface area (Å²) in [6.45, 7) is 2.71. The monoisotopic (exact) mass is 420 g/mol. The highest BCUT2D eigenvalue weighted by atomic mass is 35.5. The smallest absolute Gasteiger partial charge is 0.252 e. The van der Waals surface area contributed by atoms with Gasteiger partial charge in [-0.25, -0.2) is 0 Å². The lowest BCUT2D eigenvalue weighted by Gasteiger charge is -2.56. The number of amides is 1. The van der Waals surface area contributed by atoms with Crippen LogP contribution in [-0.4, -0.2) is 55.8 Å². The van der Waals surface area contributed by atoms with E-state index in [9.17, 15) is 4.79 Å². The molecule has 4 saturated carbocycles. The van der Waals surface area contributed by atoms with E-state index in [-0.39, 0.29) is 12.5 Å². The van der Waals surface area contributed by atoms with Crippen LogP contribution < -0.4 is 10.1 Å². The number of aliphatic hydroxyl groups is 1. The fourth-order valence-corrected chi connectivity index (χ4v) is 6.44. The Labute approximate surface area is 178 Å². The summed E-state index contributed by atoms with van der Waals surface area (Å²) in [6, 6.07) is 5.27. The second-order valence-corrected chi connectivity index (χ2v) is 10.0. The van der Waals surface area contributed by atoms with Crippen molar-refractivity contribution >= 4 is 17.5 Å². The van der Waals surface area contributed by atoms with E-state index in [0.717, 1.165) is 24.3 Å². The van der Waals surface area contributed by atoms with Gasteiger partial charge in [-0.1, -0.05) is 11.6 Å². The van der Waals surface area contributed by atoms with Crippen LogP contribution in [0.1, 0.15) is 48.9 Å². The molecule has 6 heteroatoms. The van der Waals surface area contributed by atoms with Crippen LogP contribution in [0.3, 0.4) is 0 Å². The zero-order valence-electron chi connectivity index (χ0n) is 17.3. The Hall–Kier alpha value is -1.30. The fourth-order valence-electron chi connectivity index (χ4n) is 6.24. The Morgan fingerprint density at radius 1 is 1.21 bits per heavy atom. The molecule has 0 spiro atoms. The third-order valence-corrected chi connectivity index (χ3v) is 7.52. The number of ether oxygens (including phenoxy) is 1. The van der Waals surface area contributed by atoms with Crippen LogP contribution in [0.2, 0.25) is 5.02 Å². The molecular weight excluding hydrogens is 388 g/mol. The Balaban J connectivity index is 1.33. The van der Waals surface area contributed by atoms with E-state index < -0.39 is 0 Å². The number of hydrogen-bond acceptors (Lipinski definition) is 4. The first-order chi connectivity index (χ1) is 14.0. The topological polar surface area (TPSA) is 61.8 Å². The molecule has 1 amide bonds. The molecule has 1 aromatic rings. The van der Waals surface area contributed by atoms with E-state index in [4.69, 9.17) is 21.4 Å². The number of carbonyl (C=O) groups is 1. The lowest BCUT2D eigenvalue weighted by Crippen LogP contribution is -2.51. The van der Waals surface area contributed by atoms with Gasteiger partial charge in [-0.2, -0.15) is 0 Å². The standard InChI is InChI=1S/C23H33ClN2O3/c1-26(4-6-27)5-7-29-19-2-3-21(24)20(11-19)22(28)25-15-23-12-16-8-17(13-23)10-18(9-16)14-23/h2-3,11,16-18,27H,4-10,12-15H2,1H3,(H,25,28). The third-order valence-electron chi connectivity index (χ3n) is 7.19. The van der Waals surface area contributed by atoms with Crippen molar-refractivity contribution in [1.82, 2.24) is 10.2 Å². The van der Waals surface area contributed by atoms with Gasteiger partial charge in [-0.05, 0) is 86.9 Å². The number of halogens is 1. The summed E-state index contributed by atoms with van der Waals surface area (Å²) in [7, 11) is 1.94. The highest BCUT2D eigenvalue weighted by Crippen LogP contribution is 2.59. The molecule has 0 saturated heterocycles. The predicted octanol–water partition coefficient (Wildman–Crippen LogP) is 3.59. The molecule has 1 aromatic carbocycles. The number of nitrogens with zero attached hydrogens (tertiary/aromatic N) is 1. The van der Waals surface area contributed by atoms with Gasteiger partial charge in [-0.15, -0.1) is 0 Å². The van der Waals surface area contributed by atoms with Gasteiger partial charge in [0.25, 0.3) is 5.91 Å². The van der Waals surface area contributed by atoms with Gasteiger partial charge in [0.05, 0.1) is 17.2 Å². The van der Waals surface area contributed by atoms with Crippen LogP contribution in [0.5, 0.6) is 5.75 Å². The number of hydrogen-bond donors (Lipinski definition) is 2. The van der Waals surface area contributed by atoms with Crippen molar-refractivity contribution in [2.75, 3.05) is 39.9 Å². The molecule has 5 nitrogen and oxygen atoms in total. The fraction of sp³-hybridized carbons (Fsp3) is 0.696. The molecule has 4 aliphatic rings. The van der Waals surface area contributed by atoms with Crippen molar-refractivity contribution in [3.8, 4) is 5.75 Å². The van der Waals surface area contributed by atoms with Crippen molar-refractivity contribution < 1.29 is 14.6 Å². The second kappa shape index (κ2) is 8.83. The van der Waals surface area contributed by atoms with Crippen LogP contribution in [-0.2, 0) is 0 Å². The molecule has 160 valence electrons. The largest absolute Gasteiger partial charge is 0.492 e. The summed E-state index contributed by atoms with van der Waals surface area (Å²) in [5, 5.41) is 12.6. The lowest BCUT2D eigenvalue weighted by molar-refractivity contribution is -0.0503. The van der Waals surface area contributed by atoms with E-state index in [2.05, 4.69) is 5.32 Å². The number of nitrogens with one attached hydrogen (secondary N) is 1. The average molecular weight is 421 g/mol. The SMILES string of the molecule is CN(CCO)CCOc1ccc(Cl)c(C(=O)NCC23CC4CC(CC(C4)C2)C3)c1. The molecular formula is C23H33ClN2O3. The molecule has 0 heterocycles. The number of likely N-dealkylation sites (N-methyl/N-ethyl adjacent to an activating group) is 1. The Morgan fingerprint density at radius 3 is 2.48 bits per heavy atom. The summed E-state index contributed by atoms with van der Waals surface area (Å²) in [5.74, 6) is 3.17. The van der Waals surface area contributed by atoms with E-state index in [1.807, 2.05) is 11.9 Å². The van der Waals surface area contributed by atoms with Crippen LogP contribution in [0.15, 0.2) is 18.2 Å². The molecule has 29 heavy (non-hydrogen) atoms. The number of benzene rings is 1. The molecule has 0 aliphatic heterocycles. The zero-order chi connectivity index (χ0) is 20.4. The minimum atomic E-state index is -0.103. The van der Waals surface area contributed by atoms with E-state index in [1.54, 1.807) is 18.2 Å². The second-order valence-electron chi connectivity index (χ2n) is 9.62. The maximum absolute atomic E-state index is 12.9. The Bertz CT molecular complexity index is 704. The summed E-state index contributed by atoms with van der Waals surface area (Å²) < 4.78 is 5.79. The van der Waals surface area contributed by atoms with Gasteiger partial charge in [0.1, 0.15) is 12.4 Å². The number of aliphatic hydroxyl groups excluding tert-OH is 1. The molecule has 4 fully saturated rings. The van der Waals surface area contributed by atoms with Crippen molar-refractivity contribution in [1.29, 1.82) is 0 Å². The first-order valence-electron chi connectivity index (χ1n) is 11.0. The first-order valence-corrected chi connectivity index (χ1v) is 11.3. The van der Waals surface area contributed by atoms with E-state index in [0.29, 0.717) is 41.4 Å². The third kappa shape index (κ3) is 4.89. The highest BCUT2D eigenvalue weighted by Gasteiger charge is 2.50. The van der Waals surface area contributed by atoms with Crippen molar-refractivity contribution in [3.63, 3.8) is 0 Å². The van der Waals surface area contributed by atoms with Crippen molar-refractivity contribution in [3.05, 3.63) is 28.8 Å². The van der Waals surface area contributed by atoms with Gasteiger partial charge < -0.3 is 20.1 Å². The van der Waals surface area contributed by atoms with E-state index in [1.165, 1.54) is 38.5 Å². The molecule has 2 N–H and O–H groups in total. The molecule has 0 radical (unpaired) electrons. The van der Waals surface area contributed by atoms with Crippen molar-refractivity contribution in [2.24, 2.45) is 23.2 Å². The molecule has 0 aromatic heterocycles. The van der Waals surface area contributed by atoms with Gasteiger partial charge in [0.15, 0.2) is 0 Å². The molecule has 0 atom stereocenters. The molecule has 0 unspecified atom stereocenters. The Morgan fingerprint density at radius 2 is 1.86 bits per heavy atom. The maximum Gasteiger partial charge on any atom is 0.252 e. The zero-order valence-corrected chi connectivity index (χ0v) is 18.1. The molecule has 4 bridgehead atoms. The van der Waals surface area contributed by atoms with Crippen LogP contribution in [0.4, 0.5) is 0 Å². The summed E-state index contributed by atoms with van der Waals surface area (Å²) >= 11 is 6.32. The lowest BCUT2D eigenvalue weighted by atomic mass is 9.49. The van der Waals surface area contributed by atoms with Crippen LogP contribution >= 0.6 is 11.6 Å². The van der Waals surface area contributed by atoms with Gasteiger partial charge in [0, 0.05) is 19.6 Å².